The molecule has 8 heteroatoms. The number of guanidine groups is 1. The van der Waals surface area contributed by atoms with Gasteiger partial charge in [0.25, 0.3) is 0 Å². The Balaban J connectivity index is 0.00000261. The van der Waals surface area contributed by atoms with E-state index in [9.17, 15) is 4.79 Å². The summed E-state index contributed by atoms with van der Waals surface area (Å²) in [6, 6.07) is 2.25. The van der Waals surface area contributed by atoms with Gasteiger partial charge in [0, 0.05) is 44.1 Å². The summed E-state index contributed by atoms with van der Waals surface area (Å²) >= 11 is 1.88. The third-order valence-corrected chi connectivity index (χ3v) is 6.25. The molecule has 0 amide bonds. The highest BCUT2D eigenvalue weighted by molar-refractivity contribution is 14.0. The maximum atomic E-state index is 11.7. The summed E-state index contributed by atoms with van der Waals surface area (Å²) in [5.41, 5.74) is 1.49. The number of ether oxygens (including phenoxy) is 1. The molecule has 3 rings (SSSR count). The van der Waals surface area contributed by atoms with Gasteiger partial charge in [0.2, 0.25) is 0 Å². The molecule has 1 N–H and O–H groups in total. The minimum atomic E-state index is -0.0792. The summed E-state index contributed by atoms with van der Waals surface area (Å²) < 4.78 is 4.88. The highest BCUT2D eigenvalue weighted by Gasteiger charge is 2.27. The van der Waals surface area contributed by atoms with Gasteiger partial charge in [-0.25, -0.2) is 0 Å². The largest absolute Gasteiger partial charge is 0.469 e. The first-order valence-corrected chi connectivity index (χ1v) is 10.5. The number of methoxy groups -OCH3 is 1. The maximum absolute atomic E-state index is 11.7. The van der Waals surface area contributed by atoms with Crippen molar-refractivity contribution in [3.63, 3.8) is 0 Å². The van der Waals surface area contributed by atoms with E-state index in [-0.39, 0.29) is 35.9 Å². The van der Waals surface area contributed by atoms with Gasteiger partial charge in [-0.2, -0.15) is 0 Å². The Labute approximate surface area is 183 Å². The standard InChI is InChI=1S/C19H30N4O2S.HI/c1-3-20-19(23-10-4-15(5-11-23)18(24)25-2)21-8-12-22-9-6-17-16(14-22)7-13-26-17;/h7,13,15H,3-6,8-12,14H2,1-2H3,(H,20,21);1H. The van der Waals surface area contributed by atoms with Crippen LogP contribution in [0.2, 0.25) is 0 Å². The van der Waals surface area contributed by atoms with Crippen LogP contribution in [0.5, 0.6) is 0 Å². The van der Waals surface area contributed by atoms with Crippen molar-refractivity contribution in [2.75, 3.05) is 46.4 Å². The number of halogens is 1. The van der Waals surface area contributed by atoms with E-state index >= 15 is 0 Å². The van der Waals surface area contributed by atoms with Gasteiger partial charge in [-0.3, -0.25) is 14.7 Å². The lowest BCUT2D eigenvalue weighted by Crippen LogP contribution is -2.47. The lowest BCUT2D eigenvalue weighted by Gasteiger charge is -2.33. The fourth-order valence-corrected chi connectivity index (χ4v) is 4.60. The fraction of sp³-hybridized carbons (Fsp3) is 0.684. The number of rotatable bonds is 5. The van der Waals surface area contributed by atoms with E-state index in [1.54, 1.807) is 4.88 Å². The number of hydrogen-bond donors (Lipinski definition) is 1. The fourth-order valence-electron chi connectivity index (χ4n) is 3.71. The molecule has 0 aromatic carbocycles. The van der Waals surface area contributed by atoms with E-state index in [1.165, 1.54) is 12.7 Å². The number of esters is 1. The number of nitrogens with one attached hydrogen (secondary N) is 1. The normalized spacial score (nSPS) is 18.6. The second kappa shape index (κ2) is 11.2. The summed E-state index contributed by atoms with van der Waals surface area (Å²) in [6.07, 6.45) is 2.84. The minimum absolute atomic E-state index is 0. The van der Waals surface area contributed by atoms with Gasteiger partial charge in [-0.05, 0) is 43.2 Å². The summed E-state index contributed by atoms with van der Waals surface area (Å²) in [6.45, 7) is 8.64. The van der Waals surface area contributed by atoms with Crippen LogP contribution < -0.4 is 5.32 Å². The van der Waals surface area contributed by atoms with Crippen molar-refractivity contribution in [2.45, 2.75) is 32.7 Å². The Morgan fingerprint density at radius 1 is 1.37 bits per heavy atom. The zero-order valence-electron chi connectivity index (χ0n) is 16.3. The van der Waals surface area contributed by atoms with Crippen molar-refractivity contribution in [3.05, 3.63) is 21.9 Å². The van der Waals surface area contributed by atoms with Crippen LogP contribution in [0.4, 0.5) is 0 Å². The Morgan fingerprint density at radius 3 is 2.85 bits per heavy atom. The topological polar surface area (TPSA) is 57.2 Å². The van der Waals surface area contributed by atoms with Crippen molar-refractivity contribution < 1.29 is 9.53 Å². The molecule has 0 aliphatic carbocycles. The van der Waals surface area contributed by atoms with E-state index in [0.29, 0.717) is 0 Å². The highest BCUT2D eigenvalue weighted by atomic mass is 127. The van der Waals surface area contributed by atoms with Gasteiger partial charge < -0.3 is 15.0 Å². The Bertz CT molecular complexity index is 629. The number of thiophene rings is 1. The molecule has 0 atom stereocenters. The van der Waals surface area contributed by atoms with Crippen LogP contribution in [0.3, 0.4) is 0 Å². The lowest BCUT2D eigenvalue weighted by molar-refractivity contribution is -0.146. The maximum Gasteiger partial charge on any atom is 0.308 e. The van der Waals surface area contributed by atoms with Crippen LogP contribution in [0, 0.1) is 5.92 Å². The molecule has 1 aromatic heterocycles. The molecule has 1 fully saturated rings. The van der Waals surface area contributed by atoms with Gasteiger partial charge in [0.1, 0.15) is 0 Å². The number of aliphatic imine (C=N–C) groups is 1. The van der Waals surface area contributed by atoms with E-state index in [2.05, 4.69) is 33.5 Å². The predicted molar refractivity (Wildman–Crippen MR) is 121 cm³/mol. The zero-order valence-corrected chi connectivity index (χ0v) is 19.4. The number of likely N-dealkylation sites (tertiary alicyclic amines) is 1. The lowest BCUT2D eigenvalue weighted by atomic mass is 9.97. The zero-order chi connectivity index (χ0) is 18.4. The molecule has 0 bridgehead atoms. The van der Waals surface area contributed by atoms with Crippen LogP contribution >= 0.6 is 35.3 Å². The SMILES string of the molecule is CCNC(=NCCN1CCc2sccc2C1)N1CCC(C(=O)OC)CC1.I. The van der Waals surface area contributed by atoms with Gasteiger partial charge in [0.15, 0.2) is 5.96 Å². The number of carbonyl (C=O) groups excluding carboxylic acids is 1. The first-order valence-electron chi connectivity index (χ1n) is 9.60. The second-order valence-electron chi connectivity index (χ2n) is 6.92. The second-order valence-corrected chi connectivity index (χ2v) is 7.92. The quantitative estimate of drug-likeness (QED) is 0.288. The summed E-state index contributed by atoms with van der Waals surface area (Å²) in [5.74, 6) is 0.931. The molecule has 2 aliphatic rings. The molecule has 1 aromatic rings. The van der Waals surface area contributed by atoms with Crippen LogP contribution in [-0.4, -0.2) is 68.1 Å². The first kappa shape index (κ1) is 22.4. The molecule has 0 spiro atoms. The minimum Gasteiger partial charge on any atom is -0.469 e. The third kappa shape index (κ3) is 6.05. The van der Waals surface area contributed by atoms with Gasteiger partial charge >= 0.3 is 5.97 Å². The smallest absolute Gasteiger partial charge is 0.308 e. The predicted octanol–water partition coefficient (Wildman–Crippen LogP) is 2.57. The molecule has 0 unspecified atom stereocenters. The monoisotopic (exact) mass is 506 g/mol. The average Bonchev–Trinajstić information content (AvgIpc) is 3.15. The van der Waals surface area contributed by atoms with Crippen molar-refractivity contribution in [3.8, 4) is 0 Å². The Kier molecular flexibility index (Phi) is 9.31. The van der Waals surface area contributed by atoms with Crippen molar-refractivity contribution in [1.29, 1.82) is 0 Å². The van der Waals surface area contributed by atoms with Gasteiger partial charge in [-0.1, -0.05) is 0 Å². The van der Waals surface area contributed by atoms with Crippen LogP contribution in [0.15, 0.2) is 16.4 Å². The third-order valence-electron chi connectivity index (χ3n) is 5.23. The Morgan fingerprint density at radius 2 is 2.15 bits per heavy atom. The summed E-state index contributed by atoms with van der Waals surface area (Å²) in [7, 11) is 1.47. The van der Waals surface area contributed by atoms with Crippen LogP contribution in [0.1, 0.15) is 30.2 Å². The van der Waals surface area contributed by atoms with E-state index < -0.39 is 0 Å². The van der Waals surface area contributed by atoms with Crippen molar-refractivity contribution in [1.82, 2.24) is 15.1 Å². The molecular formula is C19H31IN4O2S. The van der Waals surface area contributed by atoms with Gasteiger partial charge in [0.05, 0.1) is 19.6 Å². The molecule has 27 heavy (non-hydrogen) atoms. The number of nitrogens with zero attached hydrogens (tertiary/aromatic N) is 3. The average molecular weight is 506 g/mol. The molecule has 3 heterocycles. The van der Waals surface area contributed by atoms with Crippen LogP contribution in [-0.2, 0) is 22.5 Å². The highest BCUT2D eigenvalue weighted by Crippen LogP contribution is 2.23. The first-order chi connectivity index (χ1) is 12.7. The number of hydrogen-bond acceptors (Lipinski definition) is 5. The molecular weight excluding hydrogens is 475 g/mol. The van der Waals surface area contributed by atoms with Crippen LogP contribution in [0.25, 0.3) is 0 Å². The number of fused-ring (bicyclic) bond motifs is 1. The van der Waals surface area contributed by atoms with Gasteiger partial charge in [-0.15, -0.1) is 35.3 Å². The number of piperidine rings is 1. The molecule has 2 aliphatic heterocycles. The summed E-state index contributed by atoms with van der Waals surface area (Å²) in [4.78, 5) is 22.8. The molecule has 1 saturated heterocycles. The van der Waals surface area contributed by atoms with Crippen molar-refractivity contribution in [2.24, 2.45) is 10.9 Å². The van der Waals surface area contributed by atoms with E-state index in [0.717, 1.165) is 71.0 Å². The van der Waals surface area contributed by atoms with E-state index in [4.69, 9.17) is 9.73 Å². The summed E-state index contributed by atoms with van der Waals surface area (Å²) in [5, 5.41) is 5.60. The molecule has 0 saturated carbocycles. The Hall–Kier alpha value is -0.870. The molecule has 6 nitrogen and oxygen atoms in total. The van der Waals surface area contributed by atoms with E-state index in [1.807, 2.05) is 11.3 Å². The van der Waals surface area contributed by atoms with Crippen molar-refractivity contribution >= 4 is 47.2 Å². The molecule has 0 radical (unpaired) electrons. The molecule has 152 valence electrons. The number of carbonyl (C=O) groups is 1.